The van der Waals surface area contributed by atoms with Gasteiger partial charge in [-0.05, 0) is 25.0 Å². The minimum Gasteiger partial charge on any atom is -0.398 e. The van der Waals surface area contributed by atoms with E-state index in [0.717, 1.165) is 5.56 Å². The Balaban J connectivity index is 1.61. The third-order valence-electron chi connectivity index (χ3n) is 6.65. The third-order valence-corrected chi connectivity index (χ3v) is 7.04. The molecule has 11 heteroatoms. The molecule has 172 valence electrons. The summed E-state index contributed by atoms with van der Waals surface area (Å²) < 4.78 is 17.2. The molecule has 2 aliphatic rings. The van der Waals surface area contributed by atoms with Crippen LogP contribution in [-0.4, -0.2) is 62.6 Å². The molecule has 5 rings (SSSR count). The summed E-state index contributed by atoms with van der Waals surface area (Å²) in [7, 11) is 3.06. The predicted octanol–water partition coefficient (Wildman–Crippen LogP) is 2.48. The first-order valence-corrected chi connectivity index (χ1v) is 10.9. The van der Waals surface area contributed by atoms with Gasteiger partial charge in [0.2, 0.25) is 0 Å². The Labute approximate surface area is 194 Å². The molecule has 1 amide bonds. The molecule has 0 radical (unpaired) electrons. The number of anilines is 2. The fourth-order valence-electron chi connectivity index (χ4n) is 5.04. The maximum atomic E-state index is 15.6. The first-order valence-electron chi connectivity index (χ1n) is 10.5. The summed E-state index contributed by atoms with van der Waals surface area (Å²) in [6, 6.07) is 2.73. The molecule has 3 heterocycles. The molecule has 9 nitrogen and oxygen atoms in total. The van der Waals surface area contributed by atoms with Crippen molar-refractivity contribution in [1.29, 1.82) is 0 Å². The Morgan fingerprint density at radius 3 is 2.85 bits per heavy atom. The van der Waals surface area contributed by atoms with E-state index in [4.69, 9.17) is 17.3 Å². The molecule has 2 aromatic heterocycles. The number of carbonyl (C=O) groups excluding carboxylic acids is 1. The quantitative estimate of drug-likeness (QED) is 0.501. The van der Waals surface area contributed by atoms with Crippen molar-refractivity contribution in [2.75, 3.05) is 31.7 Å². The highest BCUT2D eigenvalue weighted by atomic mass is 35.5. The van der Waals surface area contributed by atoms with E-state index < -0.39 is 23.2 Å². The lowest BCUT2D eigenvalue weighted by Gasteiger charge is -2.25. The van der Waals surface area contributed by atoms with Gasteiger partial charge in [-0.1, -0.05) is 16.8 Å². The van der Waals surface area contributed by atoms with Crippen molar-refractivity contribution in [3.05, 3.63) is 52.7 Å². The Morgan fingerprint density at radius 2 is 2.15 bits per heavy atom. The average molecular weight is 472 g/mol. The smallest absolute Gasteiger partial charge is 0.258 e. The van der Waals surface area contributed by atoms with Crippen LogP contribution in [0, 0.1) is 5.82 Å². The second-order valence-electron chi connectivity index (χ2n) is 8.86. The number of aromatic nitrogens is 4. The molecule has 1 saturated carbocycles. The molecule has 33 heavy (non-hydrogen) atoms. The lowest BCUT2D eigenvalue weighted by Crippen LogP contribution is -2.26. The molecule has 1 aliphatic carbocycles. The summed E-state index contributed by atoms with van der Waals surface area (Å²) >= 11 is 6.90. The van der Waals surface area contributed by atoms with E-state index >= 15 is 4.39 Å². The van der Waals surface area contributed by atoms with Gasteiger partial charge in [0.15, 0.2) is 0 Å². The Morgan fingerprint density at radius 1 is 1.36 bits per heavy atom. The molecular formula is C22H23ClFN7O2. The summed E-state index contributed by atoms with van der Waals surface area (Å²) in [6.07, 6.45) is 5.14. The molecule has 0 saturated heterocycles. The zero-order valence-electron chi connectivity index (χ0n) is 18.1. The zero-order chi connectivity index (χ0) is 23.5. The lowest BCUT2D eigenvalue weighted by atomic mass is 9.80. The largest absolute Gasteiger partial charge is 0.398 e. The maximum absolute atomic E-state index is 15.6. The van der Waals surface area contributed by atoms with Gasteiger partial charge in [0.1, 0.15) is 11.6 Å². The minimum absolute atomic E-state index is 0.0490. The number of aliphatic hydroxyl groups excluding tert-OH is 1. The number of hydrogen-bond donors (Lipinski definition) is 3. The van der Waals surface area contributed by atoms with Crippen LogP contribution < -0.4 is 11.1 Å². The topological polar surface area (TPSA) is 122 Å². The van der Waals surface area contributed by atoms with E-state index in [1.54, 1.807) is 17.1 Å². The first-order chi connectivity index (χ1) is 15.7. The average Bonchev–Trinajstić information content (AvgIpc) is 3.49. The number of rotatable bonds is 3. The summed E-state index contributed by atoms with van der Waals surface area (Å²) in [5, 5.41) is 22.3. The van der Waals surface area contributed by atoms with Gasteiger partial charge in [0.05, 0.1) is 28.9 Å². The van der Waals surface area contributed by atoms with Crippen molar-refractivity contribution in [1.82, 2.24) is 24.9 Å². The van der Waals surface area contributed by atoms with Crippen LogP contribution in [0.1, 0.15) is 34.8 Å². The Hall–Kier alpha value is -3.24. The highest BCUT2D eigenvalue weighted by Crippen LogP contribution is 2.54. The van der Waals surface area contributed by atoms with Crippen LogP contribution in [0.3, 0.4) is 0 Å². The second kappa shape index (κ2) is 7.67. The predicted molar refractivity (Wildman–Crippen MR) is 122 cm³/mol. The standard InChI is InChI=1S/C22H23ClFN7O2/c1-30(2)21(33)16-13(25)4-3-11(19(16)24)12-9-26-20-17(18(12)23)22(10-27-20)7-14(15(32)8-22)31-6-5-28-29-31/h3-6,9,14-15,32H,7-8,10,25H2,1-2H3,(H,26,27)/t14?,15-,22-/m1/s1. The van der Waals surface area contributed by atoms with Gasteiger partial charge in [-0.15, -0.1) is 5.10 Å². The normalized spacial score (nSPS) is 23.5. The number of nitrogen functional groups attached to an aromatic ring is 1. The van der Waals surface area contributed by atoms with Gasteiger partial charge < -0.3 is 21.1 Å². The number of aliphatic hydroxyl groups is 1. The molecule has 1 spiro atoms. The number of benzene rings is 1. The van der Waals surface area contributed by atoms with Crippen molar-refractivity contribution >= 4 is 29.0 Å². The summed E-state index contributed by atoms with van der Waals surface area (Å²) in [6.45, 7) is 0.537. The zero-order valence-corrected chi connectivity index (χ0v) is 18.8. The number of carbonyl (C=O) groups is 1. The van der Waals surface area contributed by atoms with E-state index in [2.05, 4.69) is 20.6 Å². The van der Waals surface area contributed by atoms with Crippen LogP contribution in [0.4, 0.5) is 15.9 Å². The number of pyridine rings is 1. The van der Waals surface area contributed by atoms with Crippen LogP contribution in [-0.2, 0) is 5.41 Å². The lowest BCUT2D eigenvalue weighted by molar-refractivity contribution is 0.0824. The van der Waals surface area contributed by atoms with Gasteiger partial charge >= 0.3 is 0 Å². The van der Waals surface area contributed by atoms with Crippen molar-refractivity contribution in [3.63, 3.8) is 0 Å². The van der Waals surface area contributed by atoms with E-state index in [-0.39, 0.29) is 22.9 Å². The monoisotopic (exact) mass is 471 g/mol. The van der Waals surface area contributed by atoms with E-state index in [0.29, 0.717) is 35.8 Å². The molecule has 3 aromatic rings. The van der Waals surface area contributed by atoms with Gasteiger partial charge in [-0.2, -0.15) is 0 Å². The van der Waals surface area contributed by atoms with Gasteiger partial charge in [0.25, 0.3) is 5.91 Å². The highest BCUT2D eigenvalue weighted by Gasteiger charge is 2.52. The minimum atomic E-state index is -0.746. The molecule has 3 atom stereocenters. The fourth-order valence-corrected chi connectivity index (χ4v) is 5.49. The van der Waals surface area contributed by atoms with Crippen LogP contribution >= 0.6 is 11.6 Å². The number of nitrogens with one attached hydrogen (secondary N) is 1. The maximum Gasteiger partial charge on any atom is 0.258 e. The summed E-state index contributed by atoms with van der Waals surface area (Å²) in [5.41, 5.74) is 6.50. The number of fused-ring (bicyclic) bond motifs is 2. The first kappa shape index (κ1) is 21.6. The van der Waals surface area contributed by atoms with E-state index in [1.165, 1.54) is 37.3 Å². The Bertz CT molecular complexity index is 1250. The number of hydrogen-bond acceptors (Lipinski definition) is 7. The Kier molecular flexibility index (Phi) is 5.02. The molecule has 1 aromatic carbocycles. The summed E-state index contributed by atoms with van der Waals surface area (Å²) in [5.74, 6) is -0.676. The van der Waals surface area contributed by atoms with Crippen molar-refractivity contribution in [2.24, 2.45) is 0 Å². The van der Waals surface area contributed by atoms with Crippen LogP contribution in [0.25, 0.3) is 11.1 Å². The number of nitrogens with zero attached hydrogens (tertiary/aromatic N) is 5. The van der Waals surface area contributed by atoms with E-state index in [1.807, 2.05) is 0 Å². The molecule has 1 aliphatic heterocycles. The van der Waals surface area contributed by atoms with Crippen LogP contribution in [0.15, 0.2) is 30.7 Å². The van der Waals surface area contributed by atoms with E-state index in [9.17, 15) is 9.90 Å². The number of amides is 1. The second-order valence-corrected chi connectivity index (χ2v) is 9.24. The van der Waals surface area contributed by atoms with Gasteiger partial charge in [-0.25, -0.2) is 14.1 Å². The molecular weight excluding hydrogens is 449 g/mol. The molecule has 4 N–H and O–H groups in total. The molecule has 0 bridgehead atoms. The third kappa shape index (κ3) is 3.24. The summed E-state index contributed by atoms with van der Waals surface area (Å²) in [4.78, 5) is 18.3. The van der Waals surface area contributed by atoms with Crippen molar-refractivity contribution in [2.45, 2.75) is 30.4 Å². The van der Waals surface area contributed by atoms with Crippen LogP contribution in [0.2, 0.25) is 5.02 Å². The van der Waals surface area contributed by atoms with Gasteiger partial charge in [-0.3, -0.25) is 4.79 Å². The molecule has 1 fully saturated rings. The fraction of sp³-hybridized carbons (Fsp3) is 0.364. The van der Waals surface area contributed by atoms with Crippen molar-refractivity contribution < 1.29 is 14.3 Å². The van der Waals surface area contributed by atoms with Crippen LogP contribution in [0.5, 0.6) is 0 Å². The number of nitrogens with two attached hydrogens (primary N) is 1. The molecule has 1 unspecified atom stereocenters. The SMILES string of the molecule is CN(C)C(=O)c1c(N)ccc(-c2cnc3c(c2Cl)[C@]2(CN3)CC(n3ccnn3)[C@H](O)C2)c1F. The van der Waals surface area contributed by atoms with Gasteiger partial charge in [0, 0.05) is 60.8 Å². The number of halogens is 2. The highest BCUT2D eigenvalue weighted by molar-refractivity contribution is 6.34. The van der Waals surface area contributed by atoms with Crippen molar-refractivity contribution in [3.8, 4) is 11.1 Å².